The molecule has 0 unspecified atom stereocenters. The first-order valence-corrected chi connectivity index (χ1v) is 8.04. The van der Waals surface area contributed by atoms with Gasteiger partial charge in [0.2, 0.25) is 0 Å². The van der Waals surface area contributed by atoms with Crippen LogP contribution in [0.4, 0.5) is 4.39 Å². The van der Waals surface area contributed by atoms with Crippen molar-refractivity contribution in [2.45, 2.75) is 20.3 Å². The Morgan fingerprint density at radius 3 is 2.76 bits per heavy atom. The van der Waals surface area contributed by atoms with Crippen molar-refractivity contribution >= 4 is 11.5 Å². The van der Waals surface area contributed by atoms with Gasteiger partial charge < -0.3 is 5.11 Å². The van der Waals surface area contributed by atoms with Gasteiger partial charge in [-0.1, -0.05) is 44.2 Å². The van der Waals surface area contributed by atoms with Crippen molar-refractivity contribution in [3.8, 4) is 11.3 Å². The molecule has 0 saturated carbocycles. The minimum atomic E-state index is -0.993. The Balaban J connectivity index is 0.00000109. The van der Waals surface area contributed by atoms with Gasteiger partial charge in [0.15, 0.2) is 5.82 Å². The first-order chi connectivity index (χ1) is 12.1. The number of rotatable bonds is 3. The van der Waals surface area contributed by atoms with E-state index < -0.39 is 5.97 Å². The Morgan fingerprint density at radius 2 is 2.04 bits per heavy atom. The van der Waals surface area contributed by atoms with E-state index in [9.17, 15) is 9.18 Å². The number of carbonyl (C=O) groups is 1. The van der Waals surface area contributed by atoms with Gasteiger partial charge >= 0.3 is 5.97 Å². The molecule has 0 saturated heterocycles. The molecule has 5 heteroatoms. The lowest BCUT2D eigenvalue weighted by Crippen LogP contribution is -1.99. The Kier molecular flexibility index (Phi) is 6.34. The number of aliphatic carboxylic acids is 1. The van der Waals surface area contributed by atoms with E-state index in [1.807, 2.05) is 19.9 Å². The highest BCUT2D eigenvalue weighted by molar-refractivity contribution is 5.93. The highest BCUT2D eigenvalue weighted by Gasteiger charge is 2.11. The van der Waals surface area contributed by atoms with Crippen LogP contribution in [0.25, 0.3) is 16.8 Å². The van der Waals surface area contributed by atoms with E-state index in [4.69, 9.17) is 5.11 Å². The number of allylic oxidation sites excluding steroid dienone is 4. The molecule has 0 bridgehead atoms. The van der Waals surface area contributed by atoms with Crippen LogP contribution >= 0.6 is 0 Å². The second-order valence-electron chi connectivity index (χ2n) is 4.98. The molecule has 1 aliphatic rings. The zero-order valence-electron chi connectivity index (χ0n) is 14.1. The quantitative estimate of drug-likeness (QED) is 0.884. The van der Waals surface area contributed by atoms with E-state index in [-0.39, 0.29) is 11.4 Å². The van der Waals surface area contributed by atoms with Crippen LogP contribution in [0.5, 0.6) is 0 Å². The highest BCUT2D eigenvalue weighted by atomic mass is 19.1. The van der Waals surface area contributed by atoms with Crippen LogP contribution in [-0.2, 0) is 4.79 Å². The molecule has 0 aliphatic heterocycles. The predicted molar refractivity (Wildman–Crippen MR) is 96.2 cm³/mol. The van der Waals surface area contributed by atoms with E-state index in [0.717, 1.165) is 0 Å². The molecule has 25 heavy (non-hydrogen) atoms. The number of carboxylic acids is 1. The van der Waals surface area contributed by atoms with Crippen LogP contribution in [0, 0.1) is 5.82 Å². The predicted octanol–water partition coefficient (Wildman–Crippen LogP) is 4.66. The normalized spacial score (nSPS) is 13.1. The fourth-order valence-electron chi connectivity index (χ4n) is 2.26. The molecule has 0 fully saturated rings. The third kappa shape index (κ3) is 4.70. The fourth-order valence-corrected chi connectivity index (χ4v) is 2.26. The molecule has 0 spiro atoms. The Labute approximate surface area is 146 Å². The van der Waals surface area contributed by atoms with E-state index in [0.29, 0.717) is 29.1 Å². The minimum absolute atomic E-state index is 0.199. The largest absolute Gasteiger partial charge is 0.478 e. The number of hydrogen-bond acceptors (Lipinski definition) is 3. The van der Waals surface area contributed by atoms with Gasteiger partial charge in [-0.15, -0.1) is 0 Å². The van der Waals surface area contributed by atoms with Gasteiger partial charge in [0.25, 0.3) is 0 Å². The molecule has 1 aliphatic carbocycles. The van der Waals surface area contributed by atoms with Crippen molar-refractivity contribution < 1.29 is 14.3 Å². The standard InChI is InChI=1S/C18H13FN2O2.C2H6/c19-15-7-3-6-12(11-15)16-8-9-20-17(21-16)13-4-1-2-5-14(10-13)18(22)23;1-2/h1,3-11H,2H2,(H,22,23);1-2H3. The molecule has 1 N–H and O–H groups in total. The van der Waals surface area contributed by atoms with E-state index >= 15 is 0 Å². The van der Waals surface area contributed by atoms with Gasteiger partial charge in [0, 0.05) is 17.3 Å². The second kappa shape index (κ2) is 8.68. The summed E-state index contributed by atoms with van der Waals surface area (Å²) in [6, 6.07) is 7.82. The molecule has 4 nitrogen and oxygen atoms in total. The van der Waals surface area contributed by atoms with Gasteiger partial charge in [0.05, 0.1) is 11.3 Å². The summed E-state index contributed by atoms with van der Waals surface area (Å²) in [5.41, 5.74) is 2.02. The lowest BCUT2D eigenvalue weighted by molar-refractivity contribution is -0.132. The summed E-state index contributed by atoms with van der Waals surface area (Å²) >= 11 is 0. The van der Waals surface area contributed by atoms with Crippen LogP contribution in [0.2, 0.25) is 0 Å². The van der Waals surface area contributed by atoms with E-state index in [1.165, 1.54) is 18.2 Å². The van der Waals surface area contributed by atoms with Crippen LogP contribution in [0.1, 0.15) is 26.1 Å². The van der Waals surface area contributed by atoms with E-state index in [2.05, 4.69) is 9.97 Å². The second-order valence-corrected chi connectivity index (χ2v) is 4.98. The molecule has 2 aromatic rings. The van der Waals surface area contributed by atoms with Crippen molar-refractivity contribution in [2.75, 3.05) is 0 Å². The average molecular weight is 338 g/mol. The summed E-state index contributed by atoms with van der Waals surface area (Å²) in [5.74, 6) is -0.933. The molecule has 0 radical (unpaired) electrons. The van der Waals surface area contributed by atoms with Crippen LogP contribution < -0.4 is 0 Å². The minimum Gasteiger partial charge on any atom is -0.478 e. The fraction of sp³-hybridized carbons (Fsp3) is 0.150. The summed E-state index contributed by atoms with van der Waals surface area (Å²) in [4.78, 5) is 19.8. The van der Waals surface area contributed by atoms with Crippen LogP contribution in [0.15, 0.2) is 66.4 Å². The summed E-state index contributed by atoms with van der Waals surface area (Å²) < 4.78 is 13.4. The van der Waals surface area contributed by atoms with Crippen molar-refractivity contribution in [1.29, 1.82) is 0 Å². The number of benzene rings is 1. The molecule has 3 rings (SSSR count). The molecular weight excluding hydrogens is 319 g/mol. The molecule has 128 valence electrons. The summed E-state index contributed by atoms with van der Waals surface area (Å²) in [6.07, 6.45) is 8.91. The number of halogens is 1. The Hall–Kier alpha value is -3.08. The first kappa shape index (κ1) is 18.3. The van der Waals surface area contributed by atoms with Crippen molar-refractivity contribution in [1.82, 2.24) is 9.97 Å². The average Bonchev–Trinajstić information content (AvgIpc) is 2.90. The maximum absolute atomic E-state index is 13.4. The number of aromatic nitrogens is 2. The smallest absolute Gasteiger partial charge is 0.335 e. The molecule has 1 aromatic heterocycles. The monoisotopic (exact) mass is 338 g/mol. The van der Waals surface area contributed by atoms with E-state index in [1.54, 1.807) is 36.5 Å². The van der Waals surface area contributed by atoms with Crippen molar-refractivity contribution in [3.63, 3.8) is 0 Å². The van der Waals surface area contributed by atoms with Crippen LogP contribution in [-0.4, -0.2) is 21.0 Å². The first-order valence-electron chi connectivity index (χ1n) is 8.04. The summed E-state index contributed by atoms with van der Waals surface area (Å²) in [7, 11) is 0. The van der Waals surface area contributed by atoms with Gasteiger partial charge in [-0.3, -0.25) is 0 Å². The van der Waals surface area contributed by atoms with Gasteiger partial charge in [0.1, 0.15) is 5.82 Å². The molecule has 0 atom stereocenters. The highest BCUT2D eigenvalue weighted by Crippen LogP contribution is 2.22. The third-order valence-electron chi connectivity index (χ3n) is 3.36. The molecule has 1 aromatic carbocycles. The maximum Gasteiger partial charge on any atom is 0.335 e. The molecular formula is C20H19FN2O2. The van der Waals surface area contributed by atoms with Gasteiger partial charge in [-0.2, -0.15) is 0 Å². The van der Waals surface area contributed by atoms with Crippen molar-refractivity contribution in [2.24, 2.45) is 0 Å². The van der Waals surface area contributed by atoms with Crippen molar-refractivity contribution in [3.05, 3.63) is 78.0 Å². The summed E-state index contributed by atoms with van der Waals surface area (Å²) in [5, 5.41) is 9.17. The molecule has 1 heterocycles. The van der Waals surface area contributed by atoms with Gasteiger partial charge in [-0.25, -0.2) is 19.2 Å². The number of carboxylic acid groups (broad SMARTS) is 1. The maximum atomic E-state index is 13.4. The zero-order valence-corrected chi connectivity index (χ0v) is 14.1. The SMILES string of the molecule is CC.O=C(O)C1=CCC=CC(c2nccc(-c3cccc(F)c3)n2)=C1. The Bertz CT molecular complexity index is 854. The lowest BCUT2D eigenvalue weighted by atomic mass is 10.1. The zero-order chi connectivity index (χ0) is 18.2. The number of hydrogen-bond donors (Lipinski definition) is 1. The topological polar surface area (TPSA) is 63.1 Å². The summed E-state index contributed by atoms with van der Waals surface area (Å²) in [6.45, 7) is 4.00. The lowest BCUT2D eigenvalue weighted by Gasteiger charge is -2.05. The van der Waals surface area contributed by atoms with Crippen LogP contribution in [0.3, 0.4) is 0 Å². The molecule has 0 amide bonds. The number of nitrogens with zero attached hydrogens (tertiary/aromatic N) is 2. The van der Waals surface area contributed by atoms with Gasteiger partial charge in [-0.05, 0) is 30.7 Å². The third-order valence-corrected chi connectivity index (χ3v) is 3.36. The Morgan fingerprint density at radius 1 is 1.24 bits per heavy atom.